The van der Waals surface area contributed by atoms with Gasteiger partial charge in [0.2, 0.25) is 0 Å². The molecule has 1 saturated carbocycles. The molecule has 1 aliphatic carbocycles. The maximum Gasteiger partial charge on any atom is 0.165 e. The first-order valence-electron chi connectivity index (χ1n) is 6.91. The minimum Gasteiger partial charge on any atom is -0.486 e. The van der Waals surface area contributed by atoms with Gasteiger partial charge in [-0.2, -0.15) is 0 Å². The Bertz CT molecular complexity index is 427. The maximum atomic E-state index is 5.71. The summed E-state index contributed by atoms with van der Waals surface area (Å²) in [6, 6.07) is 6.13. The lowest BCUT2D eigenvalue weighted by Gasteiger charge is -2.21. The smallest absolute Gasteiger partial charge is 0.165 e. The molecule has 18 heavy (non-hydrogen) atoms. The molecular weight excluding hydrogens is 226 g/mol. The van der Waals surface area contributed by atoms with E-state index in [2.05, 4.69) is 18.3 Å². The number of para-hydroxylation sites is 1. The van der Waals surface area contributed by atoms with Crippen LogP contribution < -0.4 is 14.8 Å². The zero-order chi connectivity index (χ0) is 12.4. The molecule has 0 radical (unpaired) electrons. The van der Waals surface area contributed by atoms with E-state index in [1.165, 1.54) is 24.8 Å². The van der Waals surface area contributed by atoms with E-state index in [0.29, 0.717) is 18.6 Å². The second kappa shape index (κ2) is 4.81. The summed E-state index contributed by atoms with van der Waals surface area (Å²) in [5.41, 5.74) is 1.80. The first-order chi connectivity index (χ1) is 8.83. The molecule has 0 atom stereocenters. The molecule has 3 heteroatoms. The van der Waals surface area contributed by atoms with Crippen LogP contribution >= 0.6 is 0 Å². The summed E-state index contributed by atoms with van der Waals surface area (Å²) in [5.74, 6) is 1.81. The van der Waals surface area contributed by atoms with Crippen molar-refractivity contribution in [2.24, 2.45) is 5.41 Å². The number of benzene rings is 1. The summed E-state index contributed by atoms with van der Waals surface area (Å²) in [6.45, 7) is 5.59. The van der Waals surface area contributed by atoms with Crippen LogP contribution in [0.5, 0.6) is 11.5 Å². The van der Waals surface area contributed by atoms with Crippen LogP contribution in [0.4, 0.5) is 0 Å². The highest BCUT2D eigenvalue weighted by molar-refractivity contribution is 5.47. The lowest BCUT2D eigenvalue weighted by Crippen LogP contribution is -2.24. The predicted octanol–water partition coefficient (Wildman–Crippen LogP) is 2.74. The molecule has 3 rings (SSSR count). The molecule has 1 N–H and O–H groups in total. The summed E-state index contributed by atoms with van der Waals surface area (Å²) >= 11 is 0. The van der Waals surface area contributed by atoms with Crippen molar-refractivity contribution in [1.82, 2.24) is 5.32 Å². The van der Waals surface area contributed by atoms with Crippen LogP contribution in [0, 0.1) is 5.41 Å². The third-order valence-electron chi connectivity index (χ3n) is 4.17. The highest BCUT2D eigenvalue weighted by Gasteiger charge is 2.39. The molecule has 2 aliphatic rings. The van der Waals surface area contributed by atoms with E-state index in [1.807, 2.05) is 12.1 Å². The Balaban J connectivity index is 1.62. The van der Waals surface area contributed by atoms with Crippen molar-refractivity contribution in [2.45, 2.75) is 32.7 Å². The monoisotopic (exact) mass is 247 g/mol. The zero-order valence-corrected chi connectivity index (χ0v) is 11.0. The number of hydrogen-bond acceptors (Lipinski definition) is 3. The molecule has 98 valence electrons. The Labute approximate surface area is 108 Å². The van der Waals surface area contributed by atoms with Gasteiger partial charge in [0.15, 0.2) is 11.5 Å². The minimum absolute atomic E-state index is 0.589. The van der Waals surface area contributed by atoms with Crippen LogP contribution in [-0.4, -0.2) is 19.8 Å². The number of nitrogens with one attached hydrogen (secondary N) is 1. The fourth-order valence-electron chi connectivity index (χ4n) is 2.57. The third kappa shape index (κ3) is 2.32. The standard InChI is InChI=1S/C15H21NO2/c1-2-15(6-7-15)11-16-10-12-4-3-5-13-14(12)18-9-8-17-13/h3-5,16H,2,6-11H2,1H3. The fraction of sp³-hybridized carbons (Fsp3) is 0.600. The van der Waals surface area contributed by atoms with Crippen LogP contribution in [0.15, 0.2) is 18.2 Å². The summed E-state index contributed by atoms with van der Waals surface area (Å²) in [6.07, 6.45) is 4.04. The summed E-state index contributed by atoms with van der Waals surface area (Å²) < 4.78 is 11.3. The third-order valence-corrected chi connectivity index (χ3v) is 4.17. The quantitative estimate of drug-likeness (QED) is 0.868. The van der Waals surface area contributed by atoms with Crippen LogP contribution in [0.3, 0.4) is 0 Å². The molecule has 3 nitrogen and oxygen atoms in total. The number of hydrogen-bond donors (Lipinski definition) is 1. The molecule has 1 aromatic rings. The molecule has 1 aromatic carbocycles. The fourth-order valence-corrected chi connectivity index (χ4v) is 2.57. The zero-order valence-electron chi connectivity index (χ0n) is 11.0. The highest BCUT2D eigenvalue weighted by atomic mass is 16.6. The average molecular weight is 247 g/mol. The lowest BCUT2D eigenvalue weighted by atomic mass is 10.0. The topological polar surface area (TPSA) is 30.5 Å². The van der Waals surface area contributed by atoms with E-state index in [9.17, 15) is 0 Å². The van der Waals surface area contributed by atoms with Crippen molar-refractivity contribution in [3.8, 4) is 11.5 Å². The Morgan fingerprint density at radius 1 is 1.22 bits per heavy atom. The van der Waals surface area contributed by atoms with Gasteiger partial charge in [-0.1, -0.05) is 19.1 Å². The van der Waals surface area contributed by atoms with Crippen LogP contribution in [-0.2, 0) is 6.54 Å². The Hall–Kier alpha value is -1.22. The van der Waals surface area contributed by atoms with Crippen molar-refractivity contribution >= 4 is 0 Å². The summed E-state index contributed by atoms with van der Waals surface area (Å²) in [5, 5.41) is 3.57. The van der Waals surface area contributed by atoms with Gasteiger partial charge in [0.05, 0.1) is 0 Å². The van der Waals surface area contributed by atoms with Crippen molar-refractivity contribution in [3.63, 3.8) is 0 Å². The Morgan fingerprint density at radius 3 is 2.83 bits per heavy atom. The SMILES string of the molecule is CCC1(CNCc2cccc3c2OCCO3)CC1. The lowest BCUT2D eigenvalue weighted by molar-refractivity contribution is 0.169. The normalized spacial score (nSPS) is 19.6. The van der Waals surface area contributed by atoms with Gasteiger partial charge < -0.3 is 14.8 Å². The predicted molar refractivity (Wildman–Crippen MR) is 71.1 cm³/mol. The second-order valence-corrected chi connectivity index (χ2v) is 5.40. The maximum absolute atomic E-state index is 5.71. The van der Waals surface area contributed by atoms with E-state index in [1.54, 1.807) is 0 Å². The Kier molecular flexibility index (Phi) is 3.16. The molecule has 1 fully saturated rings. The van der Waals surface area contributed by atoms with Crippen molar-refractivity contribution in [2.75, 3.05) is 19.8 Å². The van der Waals surface area contributed by atoms with Gasteiger partial charge in [-0.25, -0.2) is 0 Å². The Morgan fingerprint density at radius 2 is 2.06 bits per heavy atom. The molecule has 0 unspecified atom stereocenters. The van der Waals surface area contributed by atoms with Crippen molar-refractivity contribution in [3.05, 3.63) is 23.8 Å². The van der Waals surface area contributed by atoms with Gasteiger partial charge in [-0.05, 0) is 30.7 Å². The highest BCUT2D eigenvalue weighted by Crippen LogP contribution is 2.48. The summed E-state index contributed by atoms with van der Waals surface area (Å²) in [4.78, 5) is 0. The van der Waals surface area contributed by atoms with Gasteiger partial charge in [0.25, 0.3) is 0 Å². The second-order valence-electron chi connectivity index (χ2n) is 5.40. The minimum atomic E-state index is 0.589. The first-order valence-corrected chi connectivity index (χ1v) is 6.91. The molecule has 0 amide bonds. The molecule has 0 bridgehead atoms. The van der Waals surface area contributed by atoms with Crippen molar-refractivity contribution < 1.29 is 9.47 Å². The van der Waals surface area contributed by atoms with Crippen LogP contribution in [0.2, 0.25) is 0 Å². The molecular formula is C15H21NO2. The van der Waals surface area contributed by atoms with Crippen LogP contribution in [0.1, 0.15) is 31.7 Å². The first kappa shape index (κ1) is 11.8. The van der Waals surface area contributed by atoms with Gasteiger partial charge in [0, 0.05) is 18.7 Å². The summed E-state index contributed by atoms with van der Waals surface area (Å²) in [7, 11) is 0. The van der Waals surface area contributed by atoms with E-state index in [-0.39, 0.29) is 0 Å². The van der Waals surface area contributed by atoms with Gasteiger partial charge in [0.1, 0.15) is 13.2 Å². The van der Waals surface area contributed by atoms with Gasteiger partial charge in [-0.3, -0.25) is 0 Å². The largest absolute Gasteiger partial charge is 0.486 e. The van der Waals surface area contributed by atoms with E-state index < -0.39 is 0 Å². The molecule has 0 saturated heterocycles. The van der Waals surface area contributed by atoms with Crippen LogP contribution in [0.25, 0.3) is 0 Å². The molecule has 1 heterocycles. The van der Waals surface area contributed by atoms with Gasteiger partial charge >= 0.3 is 0 Å². The average Bonchev–Trinajstić information content (AvgIpc) is 3.20. The number of ether oxygens (including phenoxy) is 2. The molecule has 0 aromatic heterocycles. The van der Waals surface area contributed by atoms with Crippen molar-refractivity contribution in [1.29, 1.82) is 0 Å². The van der Waals surface area contributed by atoms with Gasteiger partial charge in [-0.15, -0.1) is 0 Å². The van der Waals surface area contributed by atoms with E-state index in [0.717, 1.165) is 24.6 Å². The number of rotatable bonds is 5. The molecule has 0 spiro atoms. The molecule has 1 aliphatic heterocycles. The van der Waals surface area contributed by atoms with E-state index in [4.69, 9.17) is 9.47 Å². The number of fused-ring (bicyclic) bond motifs is 1. The van der Waals surface area contributed by atoms with E-state index >= 15 is 0 Å².